The molecule has 0 aliphatic heterocycles. The Morgan fingerprint density at radius 1 is 1.53 bits per heavy atom. The number of aromatic amines is 1. The molecule has 0 aromatic carbocycles. The van der Waals surface area contributed by atoms with E-state index in [4.69, 9.17) is 0 Å². The summed E-state index contributed by atoms with van der Waals surface area (Å²) in [5, 5.41) is 13.9. The van der Waals surface area contributed by atoms with Gasteiger partial charge in [0.15, 0.2) is 10.1 Å². The summed E-state index contributed by atoms with van der Waals surface area (Å²) in [4.78, 5) is 9.78. The van der Waals surface area contributed by atoms with Crippen molar-refractivity contribution in [3.8, 4) is 0 Å². The number of thiazole rings is 1. The molecule has 0 saturated carbocycles. The molecule has 0 bridgehead atoms. The maximum Gasteiger partial charge on any atom is 0.194 e. The van der Waals surface area contributed by atoms with Crippen molar-refractivity contribution >= 4 is 28.1 Å². The monoisotopic (exact) mass is 294 g/mol. The fourth-order valence-corrected chi connectivity index (χ4v) is 3.28. The summed E-state index contributed by atoms with van der Waals surface area (Å²) in [6, 6.07) is 0.437. The van der Waals surface area contributed by atoms with Gasteiger partial charge in [0, 0.05) is 24.2 Å². The Hall–Kier alpha value is -1.38. The minimum Gasteiger partial charge on any atom is -0.309 e. The molecule has 0 unspecified atom stereocenters. The molecule has 100 valence electrons. The van der Waals surface area contributed by atoms with Gasteiger partial charge in [-0.1, -0.05) is 13.8 Å². The fourth-order valence-electron chi connectivity index (χ4n) is 1.69. The molecule has 3 aromatic rings. The number of nitrogens with one attached hydrogen (secondary N) is 2. The number of fused-ring (bicyclic) bond motifs is 1. The van der Waals surface area contributed by atoms with E-state index in [-0.39, 0.29) is 0 Å². The van der Waals surface area contributed by atoms with Crippen LogP contribution in [0, 0.1) is 0 Å². The van der Waals surface area contributed by atoms with Gasteiger partial charge in [-0.05, 0) is 11.8 Å². The van der Waals surface area contributed by atoms with E-state index < -0.39 is 0 Å². The summed E-state index contributed by atoms with van der Waals surface area (Å²) in [6.07, 6.45) is 3.56. The van der Waals surface area contributed by atoms with Crippen LogP contribution < -0.4 is 5.32 Å². The maximum absolute atomic E-state index is 4.64. The second kappa shape index (κ2) is 5.32. The first-order chi connectivity index (χ1) is 9.24. The number of nitrogens with zero attached hydrogens (tertiary/aromatic N) is 4. The zero-order chi connectivity index (χ0) is 13.2. The molecule has 0 spiro atoms. The third kappa shape index (κ3) is 2.65. The number of rotatable bonds is 5. The van der Waals surface area contributed by atoms with E-state index in [1.165, 1.54) is 18.1 Å². The second-order valence-corrected chi connectivity index (χ2v) is 6.20. The van der Waals surface area contributed by atoms with Crippen LogP contribution in [0.1, 0.15) is 19.5 Å². The lowest BCUT2D eigenvalue weighted by Gasteiger charge is -2.08. The van der Waals surface area contributed by atoms with Gasteiger partial charge in [-0.15, -0.1) is 11.3 Å². The van der Waals surface area contributed by atoms with E-state index in [1.807, 2.05) is 5.38 Å². The van der Waals surface area contributed by atoms with Crippen molar-refractivity contribution in [1.29, 1.82) is 0 Å². The molecule has 0 fully saturated rings. The topological polar surface area (TPSA) is 70.9 Å². The molecule has 0 aliphatic carbocycles. The van der Waals surface area contributed by atoms with Crippen molar-refractivity contribution in [2.75, 3.05) is 0 Å². The van der Waals surface area contributed by atoms with Crippen molar-refractivity contribution in [3.05, 3.63) is 23.6 Å². The first-order valence-corrected chi connectivity index (χ1v) is 7.64. The average molecular weight is 294 g/mol. The molecule has 0 radical (unpaired) electrons. The van der Waals surface area contributed by atoms with Crippen LogP contribution in [0.25, 0.3) is 4.96 Å². The van der Waals surface area contributed by atoms with Crippen LogP contribution in [0.3, 0.4) is 0 Å². The van der Waals surface area contributed by atoms with Gasteiger partial charge in [-0.2, -0.15) is 5.10 Å². The highest BCUT2D eigenvalue weighted by Crippen LogP contribution is 2.29. The van der Waals surface area contributed by atoms with Gasteiger partial charge in [0.2, 0.25) is 0 Å². The van der Waals surface area contributed by atoms with Gasteiger partial charge in [0.25, 0.3) is 0 Å². The SMILES string of the molecule is CC(C)NCc1c(Sc2ncn[nH]2)nc2sccn12. The molecule has 0 amide bonds. The molecule has 19 heavy (non-hydrogen) atoms. The molecular weight excluding hydrogens is 280 g/mol. The normalized spacial score (nSPS) is 11.7. The second-order valence-electron chi connectivity index (χ2n) is 4.35. The summed E-state index contributed by atoms with van der Waals surface area (Å²) in [6.45, 7) is 5.05. The van der Waals surface area contributed by atoms with Crippen molar-refractivity contribution in [3.63, 3.8) is 0 Å². The zero-order valence-corrected chi connectivity index (χ0v) is 12.3. The van der Waals surface area contributed by atoms with Gasteiger partial charge in [-0.3, -0.25) is 9.50 Å². The van der Waals surface area contributed by atoms with E-state index >= 15 is 0 Å². The van der Waals surface area contributed by atoms with E-state index in [0.29, 0.717) is 6.04 Å². The summed E-state index contributed by atoms with van der Waals surface area (Å²) >= 11 is 3.14. The molecular formula is C11H14N6S2. The molecule has 6 nitrogen and oxygen atoms in total. The van der Waals surface area contributed by atoms with Gasteiger partial charge >= 0.3 is 0 Å². The fraction of sp³-hybridized carbons (Fsp3) is 0.364. The Kier molecular flexibility index (Phi) is 3.54. The van der Waals surface area contributed by atoms with Gasteiger partial charge < -0.3 is 5.32 Å². The Bertz CT molecular complexity index is 654. The van der Waals surface area contributed by atoms with Gasteiger partial charge in [0.1, 0.15) is 11.4 Å². The first kappa shape index (κ1) is 12.6. The van der Waals surface area contributed by atoms with Crippen LogP contribution >= 0.6 is 23.1 Å². The highest BCUT2D eigenvalue weighted by atomic mass is 32.2. The lowest BCUT2D eigenvalue weighted by atomic mass is 10.3. The Labute approximate surface area is 118 Å². The largest absolute Gasteiger partial charge is 0.309 e. The van der Waals surface area contributed by atoms with Gasteiger partial charge in [-0.25, -0.2) is 9.97 Å². The van der Waals surface area contributed by atoms with E-state index in [2.05, 4.69) is 49.9 Å². The third-order valence-electron chi connectivity index (χ3n) is 2.59. The lowest BCUT2D eigenvalue weighted by molar-refractivity contribution is 0.574. The van der Waals surface area contributed by atoms with Gasteiger partial charge in [0.05, 0.1) is 5.69 Å². The molecule has 8 heteroatoms. The number of H-pyrrole nitrogens is 1. The molecule has 0 aliphatic rings. The minimum atomic E-state index is 0.437. The van der Waals surface area contributed by atoms with Crippen LogP contribution in [0.4, 0.5) is 0 Å². The van der Waals surface area contributed by atoms with Crippen LogP contribution in [-0.2, 0) is 6.54 Å². The van der Waals surface area contributed by atoms with Crippen molar-refractivity contribution in [2.45, 2.75) is 36.6 Å². The van der Waals surface area contributed by atoms with Crippen molar-refractivity contribution < 1.29 is 0 Å². The summed E-state index contributed by atoms with van der Waals surface area (Å²) in [5.41, 5.74) is 1.16. The summed E-state index contributed by atoms with van der Waals surface area (Å²) < 4.78 is 2.12. The molecule has 3 aromatic heterocycles. The number of aromatic nitrogens is 5. The number of hydrogen-bond donors (Lipinski definition) is 2. The third-order valence-corrected chi connectivity index (χ3v) is 4.26. The maximum atomic E-state index is 4.64. The quantitative estimate of drug-likeness (QED) is 0.754. The van der Waals surface area contributed by atoms with Crippen LogP contribution in [-0.4, -0.2) is 30.6 Å². The van der Waals surface area contributed by atoms with Crippen LogP contribution in [0.15, 0.2) is 28.1 Å². The molecule has 2 N–H and O–H groups in total. The highest BCUT2D eigenvalue weighted by Gasteiger charge is 2.15. The summed E-state index contributed by atoms with van der Waals surface area (Å²) in [7, 11) is 0. The average Bonchev–Trinajstić information content (AvgIpc) is 3.04. The predicted octanol–water partition coefficient (Wildman–Crippen LogP) is 2.16. The zero-order valence-electron chi connectivity index (χ0n) is 10.6. The highest BCUT2D eigenvalue weighted by molar-refractivity contribution is 7.99. The van der Waals surface area contributed by atoms with Crippen LogP contribution in [0.5, 0.6) is 0 Å². The Morgan fingerprint density at radius 2 is 2.42 bits per heavy atom. The Morgan fingerprint density at radius 3 is 3.16 bits per heavy atom. The van der Waals surface area contributed by atoms with E-state index in [0.717, 1.165) is 27.4 Å². The van der Waals surface area contributed by atoms with E-state index in [9.17, 15) is 0 Å². The van der Waals surface area contributed by atoms with Crippen LogP contribution in [0.2, 0.25) is 0 Å². The smallest absolute Gasteiger partial charge is 0.194 e. The summed E-state index contributed by atoms with van der Waals surface area (Å²) in [5.74, 6) is 0. The first-order valence-electron chi connectivity index (χ1n) is 5.95. The number of hydrogen-bond acceptors (Lipinski definition) is 6. The standard InChI is InChI=1S/C11H14N6S2/c1-7(2)12-5-8-9(19-10-13-6-14-16-10)15-11-17(8)3-4-18-11/h3-4,6-7,12H,5H2,1-2H3,(H,13,14,16). The van der Waals surface area contributed by atoms with E-state index in [1.54, 1.807) is 11.3 Å². The predicted molar refractivity (Wildman–Crippen MR) is 75.6 cm³/mol. The Balaban J connectivity index is 1.93. The van der Waals surface area contributed by atoms with Crippen molar-refractivity contribution in [1.82, 2.24) is 29.9 Å². The van der Waals surface area contributed by atoms with Crippen molar-refractivity contribution in [2.24, 2.45) is 0 Å². The molecule has 3 heterocycles. The molecule has 0 saturated heterocycles. The minimum absolute atomic E-state index is 0.437. The lowest BCUT2D eigenvalue weighted by Crippen LogP contribution is -2.22. The molecule has 0 atom stereocenters. The molecule has 3 rings (SSSR count). The number of imidazole rings is 1.